The predicted molar refractivity (Wildman–Crippen MR) is 63.3 cm³/mol. The molecule has 0 saturated carbocycles. The Labute approximate surface area is 90.7 Å². The quantitative estimate of drug-likeness (QED) is 0.323. The van der Waals surface area contributed by atoms with Crippen molar-refractivity contribution in [1.29, 1.82) is 0 Å². The fourth-order valence-corrected chi connectivity index (χ4v) is 2.63. The van der Waals surface area contributed by atoms with E-state index >= 15 is 0 Å². The van der Waals surface area contributed by atoms with E-state index in [1.54, 1.807) is 6.07 Å². The summed E-state index contributed by atoms with van der Waals surface area (Å²) >= 11 is 5.64. The fourth-order valence-electron chi connectivity index (χ4n) is 1.41. The summed E-state index contributed by atoms with van der Waals surface area (Å²) in [6.07, 6.45) is 0. The van der Waals surface area contributed by atoms with E-state index in [2.05, 4.69) is 12.6 Å². The van der Waals surface area contributed by atoms with Crippen LogP contribution in [0.1, 0.15) is 0 Å². The molecule has 0 aliphatic carbocycles. The largest absolute Gasteiger partial charge is 0.491 e. The Morgan fingerprint density at radius 3 is 2.79 bits per heavy atom. The van der Waals surface area contributed by atoms with E-state index in [1.807, 2.05) is 11.4 Å². The summed E-state index contributed by atoms with van der Waals surface area (Å²) in [7, 11) is -1.58. The number of anilines is 1. The molecule has 0 fully saturated rings. The number of nitrogen functional groups attached to an aromatic ring is 1. The van der Waals surface area contributed by atoms with Crippen molar-refractivity contribution in [2.75, 3.05) is 5.73 Å². The summed E-state index contributed by atoms with van der Waals surface area (Å²) in [5.41, 5.74) is 6.49. The molecule has 1 aromatic heterocycles. The van der Waals surface area contributed by atoms with E-state index in [-0.39, 0.29) is 5.46 Å². The van der Waals surface area contributed by atoms with E-state index in [4.69, 9.17) is 15.8 Å². The van der Waals surface area contributed by atoms with Crippen molar-refractivity contribution in [1.82, 2.24) is 0 Å². The van der Waals surface area contributed by atoms with Gasteiger partial charge in [0.2, 0.25) is 0 Å². The molecule has 1 heterocycles. The Morgan fingerprint density at radius 1 is 1.43 bits per heavy atom. The molecular weight excluding hydrogens is 217 g/mol. The van der Waals surface area contributed by atoms with Crippen LogP contribution in [0.15, 0.2) is 22.4 Å². The molecule has 14 heavy (non-hydrogen) atoms. The van der Waals surface area contributed by atoms with Gasteiger partial charge in [0.05, 0.1) is 10.4 Å². The van der Waals surface area contributed by atoms with Gasteiger partial charge in [-0.25, -0.2) is 0 Å². The Kier molecular flexibility index (Phi) is 2.44. The third kappa shape index (κ3) is 1.40. The van der Waals surface area contributed by atoms with Crippen LogP contribution in [0.25, 0.3) is 10.1 Å². The number of thiophene rings is 1. The van der Waals surface area contributed by atoms with Crippen molar-refractivity contribution >= 4 is 52.3 Å². The highest BCUT2D eigenvalue weighted by Crippen LogP contribution is 2.28. The number of hydrogen-bond donors (Lipinski definition) is 4. The van der Waals surface area contributed by atoms with Gasteiger partial charge in [0.25, 0.3) is 0 Å². The molecule has 0 saturated heterocycles. The van der Waals surface area contributed by atoms with Crippen LogP contribution >= 0.6 is 24.0 Å². The first-order valence-corrected chi connectivity index (χ1v) is 5.28. The second-order valence-electron chi connectivity index (χ2n) is 2.94. The molecule has 2 aromatic rings. The molecule has 4 N–H and O–H groups in total. The Balaban J connectivity index is 2.82. The molecule has 6 heteroatoms. The van der Waals surface area contributed by atoms with Crippen molar-refractivity contribution in [2.24, 2.45) is 0 Å². The van der Waals surface area contributed by atoms with Gasteiger partial charge in [-0.3, -0.25) is 0 Å². The third-order valence-corrected chi connectivity index (χ3v) is 3.39. The number of fused-ring (bicyclic) bond motifs is 1. The lowest BCUT2D eigenvalue weighted by molar-refractivity contribution is 0.425. The smallest absolute Gasteiger partial charge is 0.423 e. The normalized spacial score (nSPS) is 10.8. The lowest BCUT2D eigenvalue weighted by Gasteiger charge is -2.08. The molecule has 0 radical (unpaired) electrons. The van der Waals surface area contributed by atoms with E-state index in [0.717, 1.165) is 10.1 Å². The summed E-state index contributed by atoms with van der Waals surface area (Å²) < 4.78 is 0.867. The third-order valence-electron chi connectivity index (χ3n) is 2.06. The molecule has 0 unspecified atom stereocenters. The molecule has 3 nitrogen and oxygen atoms in total. The van der Waals surface area contributed by atoms with Gasteiger partial charge in [-0.2, -0.15) is 0 Å². The van der Waals surface area contributed by atoms with Crippen molar-refractivity contribution in [3.8, 4) is 0 Å². The second kappa shape index (κ2) is 3.47. The van der Waals surface area contributed by atoms with E-state index in [0.29, 0.717) is 10.6 Å². The van der Waals surface area contributed by atoms with Crippen molar-refractivity contribution in [2.45, 2.75) is 4.90 Å². The zero-order valence-corrected chi connectivity index (χ0v) is 8.85. The molecule has 0 bridgehead atoms. The van der Waals surface area contributed by atoms with Crippen molar-refractivity contribution in [3.05, 3.63) is 17.5 Å². The Hall–Kier alpha value is -0.685. The first-order valence-electron chi connectivity index (χ1n) is 3.96. The molecule has 0 atom stereocenters. The number of thiol groups is 1. The van der Waals surface area contributed by atoms with Crippen molar-refractivity contribution < 1.29 is 10.0 Å². The maximum atomic E-state index is 9.11. The standard InChI is InChI=1S/C8H8BNO2S2/c10-7-6(9(11)12)5(13)3-4-1-2-14-8(4)7/h1-3,11-13H,10H2. The first kappa shape index (κ1) is 9.85. The van der Waals surface area contributed by atoms with Crippen LogP contribution in [-0.4, -0.2) is 17.2 Å². The van der Waals surface area contributed by atoms with Crippen LogP contribution in [0.5, 0.6) is 0 Å². The van der Waals surface area contributed by atoms with Gasteiger partial charge >= 0.3 is 7.12 Å². The molecule has 0 spiro atoms. The Morgan fingerprint density at radius 2 is 2.14 bits per heavy atom. The summed E-state index contributed by atoms with van der Waals surface area (Å²) in [4.78, 5) is 0.503. The lowest BCUT2D eigenvalue weighted by atomic mass is 9.78. The Bertz CT molecular complexity index is 483. The molecular formula is C8H8BNO2S2. The number of nitrogens with two attached hydrogens (primary N) is 1. The van der Waals surface area contributed by atoms with Crippen LogP contribution in [0.4, 0.5) is 5.69 Å². The van der Waals surface area contributed by atoms with Gasteiger partial charge in [0.1, 0.15) is 0 Å². The van der Waals surface area contributed by atoms with E-state index in [1.165, 1.54) is 11.3 Å². The molecule has 0 amide bonds. The SMILES string of the molecule is Nc1c(B(O)O)c(S)cc2ccsc12. The highest BCUT2D eigenvalue weighted by molar-refractivity contribution is 7.80. The second-order valence-corrected chi connectivity index (χ2v) is 4.33. The van der Waals surface area contributed by atoms with Gasteiger partial charge in [-0.1, -0.05) is 0 Å². The molecule has 0 aliphatic heterocycles. The van der Waals surface area contributed by atoms with Crippen LogP contribution in [0.3, 0.4) is 0 Å². The number of rotatable bonds is 1. The van der Waals surface area contributed by atoms with E-state index in [9.17, 15) is 0 Å². The van der Waals surface area contributed by atoms with Crippen LogP contribution in [0, 0.1) is 0 Å². The summed E-state index contributed by atoms with van der Waals surface area (Å²) in [5, 5.41) is 21.1. The minimum Gasteiger partial charge on any atom is -0.423 e. The first-order chi connectivity index (χ1) is 6.61. The average molecular weight is 225 g/mol. The van der Waals surface area contributed by atoms with Crippen molar-refractivity contribution in [3.63, 3.8) is 0 Å². The van der Waals surface area contributed by atoms with Gasteiger partial charge in [-0.05, 0) is 22.9 Å². The molecule has 1 aromatic carbocycles. The summed E-state index contributed by atoms with van der Waals surface area (Å²) in [6.45, 7) is 0. The number of hydrogen-bond acceptors (Lipinski definition) is 5. The fraction of sp³-hybridized carbons (Fsp3) is 0. The summed E-state index contributed by atoms with van der Waals surface area (Å²) in [6, 6.07) is 3.70. The lowest BCUT2D eigenvalue weighted by Crippen LogP contribution is -2.33. The minimum atomic E-state index is -1.58. The summed E-state index contributed by atoms with van der Waals surface area (Å²) in [5.74, 6) is 0. The highest BCUT2D eigenvalue weighted by Gasteiger charge is 2.20. The van der Waals surface area contributed by atoms with Crippen LogP contribution in [0.2, 0.25) is 0 Å². The van der Waals surface area contributed by atoms with E-state index < -0.39 is 7.12 Å². The van der Waals surface area contributed by atoms with Gasteiger partial charge < -0.3 is 15.8 Å². The monoisotopic (exact) mass is 225 g/mol. The minimum absolute atomic E-state index is 0.281. The predicted octanol–water partition coefficient (Wildman–Crippen LogP) is 0.452. The van der Waals surface area contributed by atoms with Crippen LogP contribution in [-0.2, 0) is 0 Å². The maximum Gasteiger partial charge on any atom is 0.491 e. The zero-order chi connectivity index (χ0) is 10.3. The molecule has 2 rings (SSSR count). The van der Waals surface area contributed by atoms with Gasteiger partial charge in [0.15, 0.2) is 0 Å². The zero-order valence-electron chi connectivity index (χ0n) is 7.14. The topological polar surface area (TPSA) is 66.5 Å². The maximum absolute atomic E-state index is 9.11. The average Bonchev–Trinajstić information content (AvgIpc) is 2.50. The molecule has 0 aliphatic rings. The van der Waals surface area contributed by atoms with Crippen LogP contribution < -0.4 is 11.2 Å². The highest BCUT2D eigenvalue weighted by atomic mass is 32.1. The molecule has 72 valence electrons. The number of benzene rings is 1. The van der Waals surface area contributed by atoms with Gasteiger partial charge in [0, 0.05) is 10.4 Å². The van der Waals surface area contributed by atoms with Gasteiger partial charge in [-0.15, -0.1) is 24.0 Å².